The average molecular weight is 372 g/mol. The summed E-state index contributed by atoms with van der Waals surface area (Å²) < 4.78 is 51.8. The summed E-state index contributed by atoms with van der Waals surface area (Å²) in [5.74, 6) is -0.440. The number of morpholine rings is 1. The highest BCUT2D eigenvalue weighted by Gasteiger charge is 2.33. The second kappa shape index (κ2) is 8.55. The van der Waals surface area contributed by atoms with Crippen LogP contribution in [0.25, 0.3) is 0 Å². The first kappa shape index (κ1) is 18.7. The van der Waals surface area contributed by atoms with E-state index in [9.17, 15) is 12.8 Å². The Bertz CT molecular complexity index is 641. The smallest absolute Gasteiger partial charge is 0.243 e. The van der Waals surface area contributed by atoms with Gasteiger partial charge in [-0.05, 0) is 37.1 Å². The first-order chi connectivity index (χ1) is 12.1. The maximum Gasteiger partial charge on any atom is 0.243 e. The summed E-state index contributed by atoms with van der Waals surface area (Å²) in [5, 5.41) is 0. The van der Waals surface area contributed by atoms with Crippen molar-refractivity contribution in [3.63, 3.8) is 0 Å². The van der Waals surface area contributed by atoms with Crippen LogP contribution in [0.2, 0.25) is 0 Å². The molecule has 0 N–H and O–H groups in total. The highest BCUT2D eigenvalue weighted by molar-refractivity contribution is 7.89. The molecule has 2 saturated heterocycles. The summed E-state index contributed by atoms with van der Waals surface area (Å²) in [6.07, 6.45) is 1.37. The van der Waals surface area contributed by atoms with Crippen LogP contribution in [0.1, 0.15) is 12.8 Å². The molecule has 140 valence electrons. The van der Waals surface area contributed by atoms with Crippen molar-refractivity contribution in [2.75, 3.05) is 52.6 Å². The fraction of sp³-hybridized carbons (Fsp3) is 0.647. The van der Waals surface area contributed by atoms with Crippen molar-refractivity contribution in [1.82, 2.24) is 9.21 Å². The van der Waals surface area contributed by atoms with Crippen molar-refractivity contribution in [2.24, 2.45) is 0 Å². The molecule has 6 nitrogen and oxygen atoms in total. The van der Waals surface area contributed by atoms with Crippen LogP contribution in [-0.4, -0.2) is 76.3 Å². The van der Waals surface area contributed by atoms with Crippen molar-refractivity contribution in [3.05, 3.63) is 30.1 Å². The Morgan fingerprint density at radius 3 is 2.28 bits per heavy atom. The van der Waals surface area contributed by atoms with Gasteiger partial charge in [-0.2, -0.15) is 4.31 Å². The number of hydrogen-bond acceptors (Lipinski definition) is 5. The van der Waals surface area contributed by atoms with Crippen LogP contribution in [0.4, 0.5) is 4.39 Å². The van der Waals surface area contributed by atoms with Gasteiger partial charge in [-0.25, -0.2) is 12.8 Å². The van der Waals surface area contributed by atoms with E-state index >= 15 is 0 Å². The van der Waals surface area contributed by atoms with E-state index in [-0.39, 0.29) is 10.9 Å². The number of hydrogen-bond donors (Lipinski definition) is 0. The molecule has 0 aromatic heterocycles. The van der Waals surface area contributed by atoms with Crippen molar-refractivity contribution in [2.45, 2.75) is 23.8 Å². The number of nitrogens with zero attached hydrogens (tertiary/aromatic N) is 2. The molecule has 0 unspecified atom stereocenters. The Labute approximate surface area is 148 Å². The molecule has 3 rings (SSSR count). The molecule has 2 fully saturated rings. The van der Waals surface area contributed by atoms with Crippen LogP contribution in [0, 0.1) is 5.82 Å². The van der Waals surface area contributed by atoms with E-state index in [0.717, 1.165) is 13.1 Å². The molecule has 0 radical (unpaired) electrons. The Morgan fingerprint density at radius 1 is 1.04 bits per heavy atom. The lowest BCUT2D eigenvalue weighted by Crippen LogP contribution is -2.48. The van der Waals surface area contributed by atoms with E-state index in [0.29, 0.717) is 52.4 Å². The van der Waals surface area contributed by atoms with Crippen molar-refractivity contribution in [1.29, 1.82) is 0 Å². The zero-order chi connectivity index (χ0) is 17.7. The number of ether oxygens (including phenoxy) is 2. The third-order valence-corrected chi connectivity index (χ3v) is 6.72. The molecule has 0 aliphatic carbocycles. The third-order valence-electron chi connectivity index (χ3n) is 4.76. The Hall–Kier alpha value is -1.06. The third kappa shape index (κ3) is 4.77. The second-order valence-corrected chi connectivity index (χ2v) is 8.26. The Morgan fingerprint density at radius 2 is 1.64 bits per heavy atom. The SMILES string of the molecule is O=S(=O)(c1ccc(F)cc1)N(CCN1CCOCC1)C1CCOCC1. The largest absolute Gasteiger partial charge is 0.381 e. The van der Waals surface area contributed by atoms with Gasteiger partial charge in [0, 0.05) is 45.4 Å². The van der Waals surface area contributed by atoms with Gasteiger partial charge in [0.2, 0.25) is 10.0 Å². The summed E-state index contributed by atoms with van der Waals surface area (Å²) in [4.78, 5) is 2.36. The topological polar surface area (TPSA) is 59.1 Å². The number of sulfonamides is 1. The monoisotopic (exact) mass is 372 g/mol. The average Bonchev–Trinajstić information content (AvgIpc) is 2.64. The molecule has 0 amide bonds. The van der Waals surface area contributed by atoms with Crippen LogP contribution >= 0.6 is 0 Å². The molecule has 0 saturated carbocycles. The predicted octanol–water partition coefficient (Wildman–Crippen LogP) is 1.33. The molecule has 0 atom stereocenters. The van der Waals surface area contributed by atoms with E-state index in [1.54, 1.807) is 4.31 Å². The van der Waals surface area contributed by atoms with Crippen LogP contribution in [-0.2, 0) is 19.5 Å². The van der Waals surface area contributed by atoms with Crippen LogP contribution in [0.3, 0.4) is 0 Å². The van der Waals surface area contributed by atoms with Gasteiger partial charge >= 0.3 is 0 Å². The summed E-state index contributed by atoms with van der Waals surface area (Å²) in [7, 11) is -3.67. The molecule has 25 heavy (non-hydrogen) atoms. The fourth-order valence-electron chi connectivity index (χ4n) is 3.28. The van der Waals surface area contributed by atoms with Gasteiger partial charge in [-0.3, -0.25) is 4.90 Å². The van der Waals surface area contributed by atoms with Crippen LogP contribution in [0.5, 0.6) is 0 Å². The standard InChI is InChI=1S/C17H25FN2O4S/c18-15-1-3-17(4-2-15)25(21,22)20(16-5-11-23-12-6-16)8-7-19-9-13-24-14-10-19/h1-4,16H,5-14H2. The van der Waals surface area contributed by atoms with Gasteiger partial charge < -0.3 is 9.47 Å². The van der Waals surface area contributed by atoms with E-state index in [4.69, 9.17) is 9.47 Å². The van der Waals surface area contributed by atoms with Gasteiger partial charge in [0.25, 0.3) is 0 Å². The molecule has 0 spiro atoms. The highest BCUT2D eigenvalue weighted by atomic mass is 32.2. The van der Waals surface area contributed by atoms with E-state index in [2.05, 4.69) is 4.90 Å². The summed E-state index contributed by atoms with van der Waals surface area (Å²) in [5.41, 5.74) is 0. The number of halogens is 1. The Balaban J connectivity index is 1.77. The fourth-order valence-corrected chi connectivity index (χ4v) is 4.95. The molecule has 1 aromatic carbocycles. The molecule has 1 aromatic rings. The van der Waals surface area contributed by atoms with Gasteiger partial charge in [0.15, 0.2) is 0 Å². The molecule has 0 bridgehead atoms. The second-order valence-electron chi connectivity index (χ2n) is 6.37. The molecular weight excluding hydrogens is 347 g/mol. The first-order valence-corrected chi connectivity index (χ1v) is 10.2. The van der Waals surface area contributed by atoms with Gasteiger partial charge in [0.05, 0.1) is 18.1 Å². The van der Waals surface area contributed by atoms with E-state index < -0.39 is 15.8 Å². The number of benzene rings is 1. The number of rotatable bonds is 6. The maximum absolute atomic E-state index is 13.2. The molecule has 2 heterocycles. The van der Waals surface area contributed by atoms with Crippen molar-refractivity contribution < 1.29 is 22.3 Å². The minimum absolute atomic E-state index is 0.0788. The summed E-state index contributed by atoms with van der Waals surface area (Å²) >= 11 is 0. The van der Waals surface area contributed by atoms with Crippen LogP contribution in [0.15, 0.2) is 29.2 Å². The van der Waals surface area contributed by atoms with Crippen LogP contribution < -0.4 is 0 Å². The lowest BCUT2D eigenvalue weighted by Gasteiger charge is -2.35. The quantitative estimate of drug-likeness (QED) is 0.754. The molecule has 2 aliphatic heterocycles. The van der Waals surface area contributed by atoms with Gasteiger partial charge in [-0.15, -0.1) is 0 Å². The molecule has 2 aliphatic rings. The minimum Gasteiger partial charge on any atom is -0.381 e. The van der Waals surface area contributed by atoms with E-state index in [1.807, 2.05) is 0 Å². The Kier molecular flexibility index (Phi) is 6.40. The first-order valence-electron chi connectivity index (χ1n) is 8.72. The highest BCUT2D eigenvalue weighted by Crippen LogP contribution is 2.24. The maximum atomic E-state index is 13.2. The zero-order valence-corrected chi connectivity index (χ0v) is 15.1. The molecular formula is C17H25FN2O4S. The van der Waals surface area contributed by atoms with Crippen molar-refractivity contribution in [3.8, 4) is 0 Å². The van der Waals surface area contributed by atoms with Crippen molar-refractivity contribution >= 4 is 10.0 Å². The summed E-state index contributed by atoms with van der Waals surface area (Å²) in [6, 6.07) is 4.98. The van der Waals surface area contributed by atoms with Gasteiger partial charge in [0.1, 0.15) is 5.82 Å². The predicted molar refractivity (Wildman–Crippen MR) is 91.4 cm³/mol. The lowest BCUT2D eigenvalue weighted by atomic mass is 10.1. The van der Waals surface area contributed by atoms with E-state index in [1.165, 1.54) is 24.3 Å². The zero-order valence-electron chi connectivity index (χ0n) is 14.3. The normalized spacial score (nSPS) is 20.9. The lowest BCUT2D eigenvalue weighted by molar-refractivity contribution is 0.0291. The summed E-state index contributed by atoms with van der Waals surface area (Å²) in [6.45, 7) is 5.22. The minimum atomic E-state index is -3.67. The van der Waals surface area contributed by atoms with Gasteiger partial charge in [-0.1, -0.05) is 0 Å². The molecule has 8 heteroatoms.